The number of rotatable bonds is 10. The van der Waals surface area contributed by atoms with Crippen LogP contribution in [0.4, 0.5) is 0 Å². The SMILES string of the molecule is CCCN(Cc1ccccc1)CC(O)COCc1ccco1. The molecule has 1 unspecified atom stereocenters. The van der Waals surface area contributed by atoms with Gasteiger partial charge in [0.15, 0.2) is 0 Å². The molecule has 1 aromatic carbocycles. The molecule has 1 heterocycles. The van der Waals surface area contributed by atoms with Gasteiger partial charge >= 0.3 is 0 Å². The molecule has 1 aromatic heterocycles. The van der Waals surface area contributed by atoms with Gasteiger partial charge in [0.1, 0.15) is 12.4 Å². The molecule has 0 fully saturated rings. The van der Waals surface area contributed by atoms with Crippen molar-refractivity contribution in [2.45, 2.75) is 32.6 Å². The van der Waals surface area contributed by atoms with E-state index in [2.05, 4.69) is 24.0 Å². The Bertz CT molecular complexity index is 498. The normalized spacial score (nSPS) is 12.7. The molecular weight excluding hydrogens is 278 g/mol. The summed E-state index contributed by atoms with van der Waals surface area (Å²) < 4.78 is 10.7. The van der Waals surface area contributed by atoms with Gasteiger partial charge in [-0.05, 0) is 30.7 Å². The first kappa shape index (κ1) is 16.7. The Kier molecular flexibility index (Phi) is 7.16. The van der Waals surface area contributed by atoms with E-state index in [9.17, 15) is 5.11 Å². The van der Waals surface area contributed by atoms with E-state index in [4.69, 9.17) is 9.15 Å². The molecule has 1 N–H and O–H groups in total. The molecule has 22 heavy (non-hydrogen) atoms. The van der Waals surface area contributed by atoms with Crippen molar-refractivity contribution in [3.05, 3.63) is 60.1 Å². The molecule has 0 saturated carbocycles. The van der Waals surface area contributed by atoms with E-state index in [0.717, 1.165) is 25.3 Å². The largest absolute Gasteiger partial charge is 0.467 e. The van der Waals surface area contributed by atoms with Crippen LogP contribution in [0.2, 0.25) is 0 Å². The summed E-state index contributed by atoms with van der Waals surface area (Å²) in [4.78, 5) is 2.26. The fourth-order valence-corrected chi connectivity index (χ4v) is 2.43. The van der Waals surface area contributed by atoms with Gasteiger partial charge in [-0.25, -0.2) is 0 Å². The molecule has 2 rings (SSSR count). The van der Waals surface area contributed by atoms with E-state index >= 15 is 0 Å². The lowest BCUT2D eigenvalue weighted by molar-refractivity contribution is 0.00387. The first-order valence-corrected chi connectivity index (χ1v) is 7.82. The Morgan fingerprint density at radius 3 is 2.68 bits per heavy atom. The first-order valence-electron chi connectivity index (χ1n) is 7.82. The summed E-state index contributed by atoms with van der Waals surface area (Å²) in [6.45, 7) is 5.29. The Labute approximate surface area is 132 Å². The molecule has 4 nitrogen and oxygen atoms in total. The van der Waals surface area contributed by atoms with Crippen molar-refractivity contribution in [1.29, 1.82) is 0 Å². The van der Waals surface area contributed by atoms with Crippen LogP contribution in [0.15, 0.2) is 53.1 Å². The topological polar surface area (TPSA) is 45.8 Å². The summed E-state index contributed by atoms with van der Waals surface area (Å²) in [5, 5.41) is 10.2. The molecule has 0 saturated heterocycles. The van der Waals surface area contributed by atoms with E-state index in [0.29, 0.717) is 19.8 Å². The first-order chi connectivity index (χ1) is 10.8. The van der Waals surface area contributed by atoms with Crippen LogP contribution in [0.5, 0.6) is 0 Å². The van der Waals surface area contributed by atoms with E-state index in [1.54, 1.807) is 6.26 Å². The maximum absolute atomic E-state index is 10.2. The fourth-order valence-electron chi connectivity index (χ4n) is 2.43. The number of aliphatic hydroxyl groups is 1. The van der Waals surface area contributed by atoms with Crippen LogP contribution in [0.3, 0.4) is 0 Å². The molecule has 0 amide bonds. The standard InChI is InChI=1S/C18H25NO3/c1-2-10-19(12-16-7-4-3-5-8-16)13-17(20)14-21-15-18-9-6-11-22-18/h3-9,11,17,20H,2,10,12-15H2,1H3. The average molecular weight is 303 g/mol. The number of hydrogen-bond acceptors (Lipinski definition) is 4. The van der Waals surface area contributed by atoms with E-state index in [1.807, 2.05) is 30.3 Å². The van der Waals surface area contributed by atoms with Gasteiger partial charge in [0.25, 0.3) is 0 Å². The van der Waals surface area contributed by atoms with Crippen molar-refractivity contribution in [3.8, 4) is 0 Å². The van der Waals surface area contributed by atoms with Crippen LogP contribution < -0.4 is 0 Å². The van der Waals surface area contributed by atoms with Gasteiger partial charge in [-0.2, -0.15) is 0 Å². The highest BCUT2D eigenvalue weighted by molar-refractivity contribution is 5.14. The number of hydrogen-bond donors (Lipinski definition) is 1. The van der Waals surface area contributed by atoms with Crippen molar-refractivity contribution >= 4 is 0 Å². The van der Waals surface area contributed by atoms with Crippen molar-refractivity contribution in [2.75, 3.05) is 19.7 Å². The molecule has 120 valence electrons. The van der Waals surface area contributed by atoms with Gasteiger partial charge in [0.2, 0.25) is 0 Å². The number of nitrogens with zero attached hydrogens (tertiary/aromatic N) is 1. The molecule has 2 aromatic rings. The van der Waals surface area contributed by atoms with Crippen molar-refractivity contribution < 1.29 is 14.3 Å². The van der Waals surface area contributed by atoms with Gasteiger partial charge in [-0.15, -0.1) is 0 Å². The minimum atomic E-state index is -0.495. The predicted molar refractivity (Wildman–Crippen MR) is 86.4 cm³/mol. The van der Waals surface area contributed by atoms with Crippen molar-refractivity contribution in [2.24, 2.45) is 0 Å². The van der Waals surface area contributed by atoms with E-state index < -0.39 is 6.10 Å². The highest BCUT2D eigenvalue weighted by Gasteiger charge is 2.12. The van der Waals surface area contributed by atoms with E-state index in [1.165, 1.54) is 5.56 Å². The molecule has 0 radical (unpaired) electrons. The number of furan rings is 1. The van der Waals surface area contributed by atoms with Crippen LogP contribution in [0, 0.1) is 0 Å². The fraction of sp³-hybridized carbons (Fsp3) is 0.444. The summed E-state index contributed by atoms with van der Waals surface area (Å²) in [5.41, 5.74) is 1.26. The second kappa shape index (κ2) is 9.41. The van der Waals surface area contributed by atoms with Gasteiger partial charge in [0, 0.05) is 13.1 Å². The molecule has 0 bridgehead atoms. The minimum absolute atomic E-state index is 0.315. The van der Waals surface area contributed by atoms with Gasteiger partial charge in [0.05, 0.1) is 19.0 Å². The van der Waals surface area contributed by atoms with Crippen LogP contribution in [0.25, 0.3) is 0 Å². The lowest BCUT2D eigenvalue weighted by atomic mass is 10.2. The molecule has 4 heteroatoms. The summed E-state index contributed by atoms with van der Waals surface area (Å²) in [7, 11) is 0. The highest BCUT2D eigenvalue weighted by atomic mass is 16.5. The van der Waals surface area contributed by atoms with Crippen molar-refractivity contribution in [1.82, 2.24) is 4.90 Å². The summed E-state index contributed by atoms with van der Waals surface area (Å²) in [6.07, 6.45) is 2.19. The molecular formula is C18H25NO3. The minimum Gasteiger partial charge on any atom is -0.467 e. The molecule has 0 aliphatic carbocycles. The van der Waals surface area contributed by atoms with Gasteiger partial charge < -0.3 is 14.3 Å². The second-order valence-corrected chi connectivity index (χ2v) is 5.47. The van der Waals surface area contributed by atoms with Crippen LogP contribution in [-0.2, 0) is 17.9 Å². The lowest BCUT2D eigenvalue weighted by Crippen LogP contribution is -2.35. The Balaban J connectivity index is 1.74. The third kappa shape index (κ3) is 6.02. The third-order valence-electron chi connectivity index (χ3n) is 3.39. The molecule has 0 aliphatic rings. The molecule has 0 aliphatic heterocycles. The zero-order valence-corrected chi connectivity index (χ0v) is 13.1. The smallest absolute Gasteiger partial charge is 0.129 e. The maximum atomic E-state index is 10.2. The maximum Gasteiger partial charge on any atom is 0.129 e. The zero-order chi connectivity index (χ0) is 15.6. The van der Waals surface area contributed by atoms with E-state index in [-0.39, 0.29) is 0 Å². The highest BCUT2D eigenvalue weighted by Crippen LogP contribution is 2.07. The van der Waals surface area contributed by atoms with Crippen LogP contribution in [-0.4, -0.2) is 35.8 Å². The molecule has 1 atom stereocenters. The van der Waals surface area contributed by atoms with Gasteiger partial charge in [-0.1, -0.05) is 37.3 Å². The number of aliphatic hydroxyl groups excluding tert-OH is 1. The number of ether oxygens (including phenoxy) is 1. The monoisotopic (exact) mass is 303 g/mol. The van der Waals surface area contributed by atoms with Crippen LogP contribution >= 0.6 is 0 Å². The average Bonchev–Trinajstić information content (AvgIpc) is 3.02. The van der Waals surface area contributed by atoms with Gasteiger partial charge in [-0.3, -0.25) is 4.90 Å². The summed E-state index contributed by atoms with van der Waals surface area (Å²) in [6, 6.07) is 14.0. The zero-order valence-electron chi connectivity index (χ0n) is 13.1. The Morgan fingerprint density at radius 2 is 2.00 bits per heavy atom. The quantitative estimate of drug-likeness (QED) is 0.733. The van der Waals surface area contributed by atoms with Crippen LogP contribution in [0.1, 0.15) is 24.7 Å². The Hall–Kier alpha value is -1.62. The third-order valence-corrected chi connectivity index (χ3v) is 3.39. The molecule has 0 spiro atoms. The lowest BCUT2D eigenvalue weighted by Gasteiger charge is -2.24. The van der Waals surface area contributed by atoms with Crippen molar-refractivity contribution in [3.63, 3.8) is 0 Å². The summed E-state index contributed by atoms with van der Waals surface area (Å²) in [5.74, 6) is 0.780. The summed E-state index contributed by atoms with van der Waals surface area (Å²) >= 11 is 0. The number of benzene rings is 1. The Morgan fingerprint density at radius 1 is 1.18 bits per heavy atom. The second-order valence-electron chi connectivity index (χ2n) is 5.47. The predicted octanol–water partition coefficient (Wildman–Crippen LogP) is 3.07.